The molecule has 2 aromatic rings. The fourth-order valence-corrected chi connectivity index (χ4v) is 2.47. The molecule has 5 heteroatoms. The van der Waals surface area contributed by atoms with E-state index >= 15 is 0 Å². The lowest BCUT2D eigenvalue weighted by molar-refractivity contribution is 0.355. The average molecular weight is 365 g/mol. The zero-order valence-corrected chi connectivity index (χ0v) is 14.2. The molecule has 0 aliphatic rings. The van der Waals surface area contributed by atoms with E-state index in [1.807, 2.05) is 36.4 Å². The lowest BCUT2D eigenvalue weighted by Crippen LogP contribution is -1.90. The summed E-state index contributed by atoms with van der Waals surface area (Å²) in [4.78, 5) is 0. The first-order valence-electron chi connectivity index (χ1n) is 6.56. The van der Waals surface area contributed by atoms with Crippen molar-refractivity contribution in [2.24, 2.45) is 0 Å². The lowest BCUT2D eigenvalue weighted by atomic mass is 10.1. The summed E-state index contributed by atoms with van der Waals surface area (Å²) in [7, 11) is 4.71. The molecule has 22 heavy (non-hydrogen) atoms. The zero-order chi connectivity index (χ0) is 16.1. The van der Waals surface area contributed by atoms with Crippen molar-refractivity contribution in [3.8, 4) is 23.0 Å². The molecule has 0 saturated heterocycles. The summed E-state index contributed by atoms with van der Waals surface area (Å²) in [5.74, 6) is 1.84. The minimum Gasteiger partial charge on any atom is -0.504 e. The Labute approximate surface area is 138 Å². The second-order valence-corrected chi connectivity index (χ2v) is 5.31. The maximum Gasteiger partial charge on any atom is 0.166 e. The molecule has 0 bridgehead atoms. The first-order valence-corrected chi connectivity index (χ1v) is 7.35. The molecule has 2 aromatic carbocycles. The van der Waals surface area contributed by atoms with Crippen molar-refractivity contribution in [1.82, 2.24) is 0 Å². The molecule has 1 N–H and O–H groups in total. The Hall–Kier alpha value is -2.14. The van der Waals surface area contributed by atoms with Gasteiger partial charge in [-0.25, -0.2) is 0 Å². The van der Waals surface area contributed by atoms with E-state index in [2.05, 4.69) is 15.9 Å². The van der Waals surface area contributed by atoms with Gasteiger partial charge >= 0.3 is 0 Å². The normalized spacial score (nSPS) is 10.7. The van der Waals surface area contributed by atoms with Crippen molar-refractivity contribution >= 4 is 28.1 Å². The molecule has 2 rings (SSSR count). The van der Waals surface area contributed by atoms with Crippen LogP contribution in [0.25, 0.3) is 12.2 Å². The van der Waals surface area contributed by atoms with E-state index in [-0.39, 0.29) is 5.75 Å². The van der Waals surface area contributed by atoms with Crippen LogP contribution in [0.3, 0.4) is 0 Å². The SMILES string of the molecule is COc1ccc(/C=C/c2c(Br)ccc(OC)c2O)cc1OC. The van der Waals surface area contributed by atoms with Gasteiger partial charge in [-0.1, -0.05) is 28.1 Å². The van der Waals surface area contributed by atoms with Crippen LogP contribution in [0, 0.1) is 0 Å². The number of phenols is 1. The molecule has 0 amide bonds. The number of phenolic OH excluding ortho intramolecular Hbond substituents is 1. The number of aromatic hydroxyl groups is 1. The van der Waals surface area contributed by atoms with E-state index in [0.29, 0.717) is 22.8 Å². The Morgan fingerprint density at radius 3 is 2.14 bits per heavy atom. The number of rotatable bonds is 5. The van der Waals surface area contributed by atoms with Crippen LogP contribution in [-0.4, -0.2) is 26.4 Å². The van der Waals surface area contributed by atoms with Gasteiger partial charge in [-0.05, 0) is 35.9 Å². The van der Waals surface area contributed by atoms with Crippen LogP contribution in [-0.2, 0) is 0 Å². The Morgan fingerprint density at radius 2 is 1.50 bits per heavy atom. The molecule has 0 aromatic heterocycles. The molecule has 0 aliphatic heterocycles. The van der Waals surface area contributed by atoms with Crippen LogP contribution >= 0.6 is 15.9 Å². The Kier molecular flexibility index (Phi) is 5.33. The van der Waals surface area contributed by atoms with Crippen molar-refractivity contribution in [1.29, 1.82) is 0 Å². The molecule has 0 saturated carbocycles. The Morgan fingerprint density at radius 1 is 0.864 bits per heavy atom. The molecule has 0 unspecified atom stereocenters. The van der Waals surface area contributed by atoms with Crippen LogP contribution in [0.15, 0.2) is 34.8 Å². The number of benzene rings is 2. The van der Waals surface area contributed by atoms with E-state index in [1.54, 1.807) is 20.3 Å². The zero-order valence-electron chi connectivity index (χ0n) is 12.6. The van der Waals surface area contributed by atoms with Gasteiger partial charge in [0.2, 0.25) is 0 Å². The summed E-state index contributed by atoms with van der Waals surface area (Å²) in [6.45, 7) is 0. The van der Waals surface area contributed by atoms with Crippen molar-refractivity contribution < 1.29 is 19.3 Å². The van der Waals surface area contributed by atoms with Crippen LogP contribution in [0.2, 0.25) is 0 Å². The van der Waals surface area contributed by atoms with Crippen molar-refractivity contribution in [2.75, 3.05) is 21.3 Å². The number of methoxy groups -OCH3 is 3. The molecule has 0 heterocycles. The van der Waals surface area contributed by atoms with E-state index in [1.165, 1.54) is 7.11 Å². The average Bonchev–Trinajstić information content (AvgIpc) is 2.54. The van der Waals surface area contributed by atoms with Gasteiger partial charge < -0.3 is 19.3 Å². The quantitative estimate of drug-likeness (QED) is 0.801. The highest BCUT2D eigenvalue weighted by atomic mass is 79.9. The largest absolute Gasteiger partial charge is 0.504 e. The van der Waals surface area contributed by atoms with Gasteiger partial charge in [0.05, 0.1) is 21.3 Å². The standard InChI is InChI=1S/C17H17BrO4/c1-20-14-8-5-11(10-16(14)22-3)4-6-12-13(18)7-9-15(21-2)17(12)19/h4-10,19H,1-3H3/b6-4+. The molecule has 0 aliphatic carbocycles. The summed E-state index contributed by atoms with van der Waals surface area (Å²) in [5.41, 5.74) is 1.57. The molecule has 0 fully saturated rings. The third-order valence-electron chi connectivity index (χ3n) is 3.20. The predicted molar refractivity (Wildman–Crippen MR) is 90.8 cm³/mol. The van der Waals surface area contributed by atoms with Gasteiger partial charge in [0.1, 0.15) is 0 Å². The maximum absolute atomic E-state index is 10.2. The molecular weight excluding hydrogens is 348 g/mol. The first kappa shape index (κ1) is 16.2. The highest BCUT2D eigenvalue weighted by Crippen LogP contribution is 2.36. The van der Waals surface area contributed by atoms with E-state index in [4.69, 9.17) is 14.2 Å². The van der Waals surface area contributed by atoms with E-state index < -0.39 is 0 Å². The Balaban J connectivity index is 2.37. The molecule has 0 spiro atoms. The van der Waals surface area contributed by atoms with Crippen LogP contribution in [0.1, 0.15) is 11.1 Å². The first-order chi connectivity index (χ1) is 10.6. The predicted octanol–water partition coefficient (Wildman–Crippen LogP) is 4.35. The molecule has 0 atom stereocenters. The van der Waals surface area contributed by atoms with Crippen LogP contribution in [0.5, 0.6) is 23.0 Å². The van der Waals surface area contributed by atoms with Crippen LogP contribution in [0.4, 0.5) is 0 Å². The second kappa shape index (κ2) is 7.22. The number of hydrogen-bond donors (Lipinski definition) is 1. The number of hydrogen-bond acceptors (Lipinski definition) is 4. The van der Waals surface area contributed by atoms with E-state index in [0.717, 1.165) is 10.0 Å². The van der Waals surface area contributed by atoms with Gasteiger partial charge in [-0.3, -0.25) is 0 Å². The number of ether oxygens (including phenoxy) is 3. The smallest absolute Gasteiger partial charge is 0.166 e. The van der Waals surface area contributed by atoms with Gasteiger partial charge in [-0.15, -0.1) is 0 Å². The summed E-state index contributed by atoms with van der Waals surface area (Å²) in [6.07, 6.45) is 3.68. The van der Waals surface area contributed by atoms with Gasteiger partial charge in [-0.2, -0.15) is 0 Å². The topological polar surface area (TPSA) is 47.9 Å². The van der Waals surface area contributed by atoms with Crippen molar-refractivity contribution in [3.05, 3.63) is 45.9 Å². The molecule has 4 nitrogen and oxygen atoms in total. The molecule has 0 radical (unpaired) electrons. The summed E-state index contributed by atoms with van der Waals surface area (Å²) < 4.78 is 16.4. The monoisotopic (exact) mass is 364 g/mol. The molecular formula is C17H17BrO4. The third kappa shape index (κ3) is 3.36. The molecule has 116 valence electrons. The minimum absolute atomic E-state index is 0.0913. The third-order valence-corrected chi connectivity index (χ3v) is 3.89. The highest BCUT2D eigenvalue weighted by molar-refractivity contribution is 9.10. The van der Waals surface area contributed by atoms with Gasteiger partial charge in [0.15, 0.2) is 23.0 Å². The van der Waals surface area contributed by atoms with Gasteiger partial charge in [0, 0.05) is 10.0 Å². The van der Waals surface area contributed by atoms with Crippen molar-refractivity contribution in [3.63, 3.8) is 0 Å². The second-order valence-electron chi connectivity index (χ2n) is 4.46. The summed E-state index contributed by atoms with van der Waals surface area (Å²) in [5, 5.41) is 10.2. The summed E-state index contributed by atoms with van der Waals surface area (Å²) in [6, 6.07) is 9.13. The summed E-state index contributed by atoms with van der Waals surface area (Å²) >= 11 is 3.42. The van der Waals surface area contributed by atoms with Crippen LogP contribution < -0.4 is 14.2 Å². The van der Waals surface area contributed by atoms with Crippen molar-refractivity contribution in [2.45, 2.75) is 0 Å². The Bertz CT molecular complexity index is 695. The highest BCUT2D eigenvalue weighted by Gasteiger charge is 2.09. The number of halogens is 1. The fourth-order valence-electron chi connectivity index (χ4n) is 2.02. The lowest BCUT2D eigenvalue weighted by Gasteiger charge is -2.09. The minimum atomic E-state index is 0.0913. The van der Waals surface area contributed by atoms with E-state index in [9.17, 15) is 5.11 Å². The van der Waals surface area contributed by atoms with Gasteiger partial charge in [0.25, 0.3) is 0 Å². The fraction of sp³-hybridized carbons (Fsp3) is 0.176. The maximum atomic E-state index is 10.2.